The van der Waals surface area contributed by atoms with E-state index in [4.69, 9.17) is 9.47 Å². The Kier molecular flexibility index (Phi) is 8.03. The van der Waals surface area contributed by atoms with Crippen molar-refractivity contribution in [2.75, 3.05) is 18.5 Å². The quantitative estimate of drug-likeness (QED) is 0.659. The first-order valence-corrected chi connectivity index (χ1v) is 8.51. The van der Waals surface area contributed by atoms with Gasteiger partial charge in [-0.1, -0.05) is 26.2 Å². The number of anilines is 1. The van der Waals surface area contributed by atoms with E-state index in [0.29, 0.717) is 31.2 Å². The van der Waals surface area contributed by atoms with Gasteiger partial charge < -0.3 is 14.8 Å². The maximum Gasteiger partial charge on any atom is 0.256 e. The third kappa shape index (κ3) is 5.82. The van der Waals surface area contributed by atoms with Crippen LogP contribution in [0.4, 0.5) is 5.69 Å². The lowest BCUT2D eigenvalue weighted by Gasteiger charge is -2.28. The van der Waals surface area contributed by atoms with E-state index in [2.05, 4.69) is 17.2 Å². The zero-order valence-corrected chi connectivity index (χ0v) is 15.1. The van der Waals surface area contributed by atoms with Crippen LogP contribution in [0.5, 0.6) is 5.88 Å². The monoisotopic (exact) mass is 322 g/mol. The van der Waals surface area contributed by atoms with Gasteiger partial charge in [0.25, 0.3) is 5.91 Å². The molecule has 23 heavy (non-hydrogen) atoms. The van der Waals surface area contributed by atoms with Crippen molar-refractivity contribution >= 4 is 11.6 Å². The van der Waals surface area contributed by atoms with E-state index in [1.807, 2.05) is 33.8 Å². The highest BCUT2D eigenvalue weighted by Crippen LogP contribution is 2.24. The molecule has 0 aliphatic rings. The minimum Gasteiger partial charge on any atom is -0.478 e. The Labute approximate surface area is 139 Å². The van der Waals surface area contributed by atoms with Crippen molar-refractivity contribution in [1.82, 2.24) is 4.98 Å². The summed E-state index contributed by atoms with van der Waals surface area (Å²) in [7, 11) is 0. The average Bonchev–Trinajstić information content (AvgIpc) is 2.50. The summed E-state index contributed by atoms with van der Waals surface area (Å²) < 4.78 is 11.2. The molecule has 0 aliphatic carbocycles. The molecule has 1 rings (SSSR count). The summed E-state index contributed by atoms with van der Waals surface area (Å²) in [5.74, 6) is 0.474. The van der Waals surface area contributed by atoms with Gasteiger partial charge in [-0.05, 0) is 40.2 Å². The number of nitrogens with zero attached hydrogens (tertiary/aromatic N) is 1. The highest BCUT2D eigenvalue weighted by atomic mass is 16.5. The summed E-state index contributed by atoms with van der Waals surface area (Å²) in [6, 6.07) is 1.87. The Morgan fingerprint density at radius 1 is 1.26 bits per heavy atom. The lowest BCUT2D eigenvalue weighted by molar-refractivity contribution is -0.139. The van der Waals surface area contributed by atoms with Crippen LogP contribution in [0.1, 0.15) is 58.9 Å². The molecule has 0 saturated carbocycles. The molecule has 0 saturated heterocycles. The minimum absolute atomic E-state index is 0.124. The van der Waals surface area contributed by atoms with E-state index in [1.165, 1.54) is 0 Å². The SMILES string of the molecule is CCCCCC(C)(OCC)C(=O)Nc1cnc(OCC)c(C)c1. The fourth-order valence-corrected chi connectivity index (χ4v) is 2.46. The number of pyridine rings is 1. The number of amides is 1. The molecule has 0 aromatic carbocycles. The molecule has 1 aromatic heterocycles. The maximum absolute atomic E-state index is 12.6. The fraction of sp³-hybridized carbons (Fsp3) is 0.667. The second kappa shape index (κ2) is 9.50. The van der Waals surface area contributed by atoms with Crippen LogP contribution in [0.3, 0.4) is 0 Å². The molecule has 5 nitrogen and oxygen atoms in total. The van der Waals surface area contributed by atoms with Crippen molar-refractivity contribution in [3.05, 3.63) is 17.8 Å². The molecule has 130 valence electrons. The van der Waals surface area contributed by atoms with Gasteiger partial charge in [0.1, 0.15) is 5.60 Å². The van der Waals surface area contributed by atoms with E-state index in [1.54, 1.807) is 6.20 Å². The van der Waals surface area contributed by atoms with Crippen molar-refractivity contribution in [3.63, 3.8) is 0 Å². The zero-order chi connectivity index (χ0) is 17.3. The lowest BCUT2D eigenvalue weighted by atomic mass is 9.96. The van der Waals surface area contributed by atoms with Crippen molar-refractivity contribution in [3.8, 4) is 5.88 Å². The molecule has 1 heterocycles. The number of nitrogens with one attached hydrogen (secondary N) is 1. The Hall–Kier alpha value is -1.62. The van der Waals surface area contributed by atoms with Gasteiger partial charge in [-0.25, -0.2) is 4.98 Å². The largest absolute Gasteiger partial charge is 0.478 e. The molecule has 1 N–H and O–H groups in total. The van der Waals surface area contributed by atoms with Crippen LogP contribution in [-0.2, 0) is 9.53 Å². The summed E-state index contributed by atoms with van der Waals surface area (Å²) in [4.78, 5) is 16.9. The Morgan fingerprint density at radius 2 is 2.00 bits per heavy atom. The molecule has 0 bridgehead atoms. The summed E-state index contributed by atoms with van der Waals surface area (Å²) in [5, 5.41) is 2.92. The van der Waals surface area contributed by atoms with Crippen LogP contribution in [0, 0.1) is 6.92 Å². The first kappa shape index (κ1) is 19.4. The highest BCUT2D eigenvalue weighted by molar-refractivity contribution is 5.97. The smallest absolute Gasteiger partial charge is 0.256 e. The van der Waals surface area contributed by atoms with Crippen molar-refractivity contribution in [2.45, 2.75) is 65.9 Å². The van der Waals surface area contributed by atoms with Gasteiger partial charge >= 0.3 is 0 Å². The molecule has 0 spiro atoms. The number of carbonyl (C=O) groups excluding carboxylic acids is 1. The molecule has 5 heteroatoms. The number of aromatic nitrogens is 1. The molecular formula is C18H30N2O3. The number of carbonyl (C=O) groups is 1. The van der Waals surface area contributed by atoms with Gasteiger partial charge in [0.15, 0.2) is 0 Å². The summed E-state index contributed by atoms with van der Waals surface area (Å²) in [6.45, 7) is 10.8. The Bertz CT molecular complexity index is 505. The van der Waals surface area contributed by atoms with Gasteiger partial charge in [-0.2, -0.15) is 0 Å². The van der Waals surface area contributed by atoms with Gasteiger partial charge in [-0.15, -0.1) is 0 Å². The molecule has 1 aromatic rings. The molecule has 0 aliphatic heterocycles. The normalized spacial score (nSPS) is 13.4. The second-order valence-electron chi connectivity index (χ2n) is 5.85. The predicted octanol–water partition coefficient (Wildman–Crippen LogP) is 4.10. The van der Waals surface area contributed by atoms with E-state index < -0.39 is 5.60 Å². The van der Waals surface area contributed by atoms with Gasteiger partial charge in [0.05, 0.1) is 18.5 Å². The summed E-state index contributed by atoms with van der Waals surface area (Å²) in [5.41, 5.74) is 0.752. The number of rotatable bonds is 10. The van der Waals surface area contributed by atoms with Crippen LogP contribution in [0.15, 0.2) is 12.3 Å². The van der Waals surface area contributed by atoms with Crippen molar-refractivity contribution < 1.29 is 14.3 Å². The van der Waals surface area contributed by atoms with Crippen molar-refractivity contribution in [2.24, 2.45) is 0 Å². The molecular weight excluding hydrogens is 292 g/mol. The van der Waals surface area contributed by atoms with Crippen LogP contribution >= 0.6 is 0 Å². The molecule has 1 unspecified atom stereocenters. The van der Waals surface area contributed by atoms with Gasteiger partial charge in [-0.3, -0.25) is 4.79 Å². The van der Waals surface area contributed by atoms with Crippen LogP contribution < -0.4 is 10.1 Å². The van der Waals surface area contributed by atoms with Crippen LogP contribution in [-0.4, -0.2) is 29.7 Å². The fourth-order valence-electron chi connectivity index (χ4n) is 2.46. The second-order valence-corrected chi connectivity index (χ2v) is 5.85. The number of aryl methyl sites for hydroxylation is 1. The highest BCUT2D eigenvalue weighted by Gasteiger charge is 2.33. The first-order chi connectivity index (χ1) is 11.0. The number of hydrogen-bond donors (Lipinski definition) is 1. The standard InChI is InChI=1S/C18H30N2O3/c1-6-9-10-11-18(5,23-8-3)17(21)20-15-12-14(4)16(19-13-15)22-7-2/h12-13H,6-11H2,1-5H3,(H,20,21). The molecule has 0 fully saturated rings. The van der Waals surface area contributed by atoms with Gasteiger partial charge in [0, 0.05) is 12.2 Å². The van der Waals surface area contributed by atoms with E-state index in [-0.39, 0.29) is 5.91 Å². The van der Waals surface area contributed by atoms with Gasteiger partial charge in [0.2, 0.25) is 5.88 Å². The Morgan fingerprint density at radius 3 is 2.57 bits per heavy atom. The molecule has 1 atom stereocenters. The van der Waals surface area contributed by atoms with Crippen molar-refractivity contribution in [1.29, 1.82) is 0 Å². The molecule has 1 amide bonds. The molecule has 0 radical (unpaired) electrons. The third-order valence-corrected chi connectivity index (χ3v) is 3.77. The number of unbranched alkanes of at least 4 members (excludes halogenated alkanes) is 2. The Balaban J connectivity index is 2.79. The van der Waals surface area contributed by atoms with Crippen LogP contribution in [0.25, 0.3) is 0 Å². The summed E-state index contributed by atoms with van der Waals surface area (Å²) >= 11 is 0. The van der Waals surface area contributed by atoms with E-state index >= 15 is 0 Å². The zero-order valence-electron chi connectivity index (χ0n) is 15.1. The minimum atomic E-state index is -0.809. The third-order valence-electron chi connectivity index (χ3n) is 3.77. The lowest BCUT2D eigenvalue weighted by Crippen LogP contribution is -2.42. The van der Waals surface area contributed by atoms with E-state index in [0.717, 1.165) is 24.8 Å². The number of hydrogen-bond acceptors (Lipinski definition) is 4. The summed E-state index contributed by atoms with van der Waals surface area (Å²) in [6.07, 6.45) is 5.52. The van der Waals surface area contributed by atoms with E-state index in [9.17, 15) is 4.79 Å². The topological polar surface area (TPSA) is 60.5 Å². The van der Waals surface area contributed by atoms with Crippen LogP contribution in [0.2, 0.25) is 0 Å². The number of ether oxygens (including phenoxy) is 2. The predicted molar refractivity (Wildman–Crippen MR) is 92.9 cm³/mol. The average molecular weight is 322 g/mol. The maximum atomic E-state index is 12.6. The first-order valence-electron chi connectivity index (χ1n) is 8.51.